The smallest absolute Gasteiger partial charge is 0.274 e. The summed E-state index contributed by atoms with van der Waals surface area (Å²) in [5.41, 5.74) is 0.693. The number of pyridine rings is 1. The number of piperazine rings is 1. The van der Waals surface area contributed by atoms with E-state index in [-0.39, 0.29) is 17.3 Å². The molecule has 26 heavy (non-hydrogen) atoms. The number of likely N-dealkylation sites (N-methyl/N-ethyl adjacent to an activating group) is 1. The van der Waals surface area contributed by atoms with Gasteiger partial charge >= 0.3 is 0 Å². The van der Waals surface area contributed by atoms with E-state index >= 15 is 0 Å². The summed E-state index contributed by atoms with van der Waals surface area (Å²) in [6.07, 6.45) is 0. The molecule has 1 saturated heterocycles. The van der Waals surface area contributed by atoms with Gasteiger partial charge in [-0.1, -0.05) is 19.1 Å². The van der Waals surface area contributed by atoms with Gasteiger partial charge in [-0.15, -0.1) is 0 Å². The molecule has 1 aromatic heterocycles. The molecule has 0 saturated carbocycles. The lowest BCUT2D eigenvalue weighted by Gasteiger charge is -2.33. The first-order chi connectivity index (χ1) is 12.6. The van der Waals surface area contributed by atoms with Crippen LogP contribution >= 0.6 is 0 Å². The minimum atomic E-state index is -0.485. The molecular weight excluding hydrogens is 335 g/mol. The number of hydrogen-bond acceptors (Lipinski definition) is 4. The Morgan fingerprint density at radius 1 is 1.08 bits per heavy atom. The fourth-order valence-electron chi connectivity index (χ4n) is 2.87. The molecule has 0 aliphatic carbocycles. The van der Waals surface area contributed by atoms with Crippen LogP contribution in [-0.4, -0.2) is 59.3 Å². The van der Waals surface area contributed by atoms with Crippen LogP contribution in [0.25, 0.3) is 0 Å². The first kappa shape index (κ1) is 18.0. The maximum Gasteiger partial charge on any atom is 0.274 e. The van der Waals surface area contributed by atoms with E-state index < -0.39 is 11.7 Å². The number of hydrogen-bond donors (Lipinski definition) is 1. The summed E-state index contributed by atoms with van der Waals surface area (Å²) in [4.78, 5) is 33.2. The molecule has 1 fully saturated rings. The van der Waals surface area contributed by atoms with E-state index in [0.717, 1.165) is 19.6 Å². The standard InChI is InChI=1S/C19H21FN4O2/c1-2-23-9-11-24(12-10-23)19(26)17-8-4-7-16(22-17)18(25)21-15-6-3-5-14(20)13-15/h3-8,13H,2,9-12H2,1H3,(H,21,25). The fraction of sp³-hybridized carbons (Fsp3) is 0.316. The second-order valence-electron chi connectivity index (χ2n) is 6.10. The van der Waals surface area contributed by atoms with E-state index in [9.17, 15) is 14.0 Å². The molecule has 2 heterocycles. The van der Waals surface area contributed by atoms with Gasteiger partial charge in [0, 0.05) is 31.9 Å². The van der Waals surface area contributed by atoms with Crippen molar-refractivity contribution >= 4 is 17.5 Å². The van der Waals surface area contributed by atoms with Gasteiger partial charge in [-0.2, -0.15) is 0 Å². The zero-order valence-corrected chi connectivity index (χ0v) is 14.6. The molecule has 136 valence electrons. The van der Waals surface area contributed by atoms with Crippen molar-refractivity contribution in [2.75, 3.05) is 38.0 Å². The van der Waals surface area contributed by atoms with Crippen LogP contribution in [0.3, 0.4) is 0 Å². The third-order valence-electron chi connectivity index (χ3n) is 4.39. The number of benzene rings is 1. The molecule has 3 rings (SSSR count). The minimum Gasteiger partial charge on any atom is -0.335 e. The van der Waals surface area contributed by atoms with E-state index in [2.05, 4.69) is 22.1 Å². The summed E-state index contributed by atoms with van der Waals surface area (Å²) in [5.74, 6) is -1.10. The van der Waals surface area contributed by atoms with Crippen LogP contribution in [0.1, 0.15) is 27.9 Å². The molecule has 1 aromatic carbocycles. The van der Waals surface area contributed by atoms with Gasteiger partial charge in [-0.05, 0) is 36.9 Å². The number of anilines is 1. The van der Waals surface area contributed by atoms with Crippen LogP contribution in [0.4, 0.5) is 10.1 Å². The molecule has 0 unspecified atom stereocenters. The van der Waals surface area contributed by atoms with Crippen molar-refractivity contribution in [3.05, 3.63) is 59.7 Å². The molecule has 2 amide bonds. The molecule has 1 N–H and O–H groups in total. The van der Waals surface area contributed by atoms with Gasteiger partial charge in [-0.25, -0.2) is 9.37 Å². The van der Waals surface area contributed by atoms with E-state index in [1.54, 1.807) is 23.1 Å². The molecule has 7 heteroatoms. The van der Waals surface area contributed by atoms with Crippen molar-refractivity contribution in [3.8, 4) is 0 Å². The van der Waals surface area contributed by atoms with Crippen molar-refractivity contribution in [2.45, 2.75) is 6.92 Å². The summed E-state index contributed by atoms with van der Waals surface area (Å²) >= 11 is 0. The SMILES string of the molecule is CCN1CCN(C(=O)c2cccc(C(=O)Nc3cccc(F)c3)n2)CC1. The maximum absolute atomic E-state index is 13.2. The van der Waals surface area contributed by atoms with Crippen molar-refractivity contribution in [3.63, 3.8) is 0 Å². The molecule has 0 bridgehead atoms. The Balaban J connectivity index is 1.69. The number of carbonyl (C=O) groups is 2. The summed E-state index contributed by atoms with van der Waals surface area (Å²) in [6, 6.07) is 10.4. The first-order valence-electron chi connectivity index (χ1n) is 8.62. The quantitative estimate of drug-likeness (QED) is 0.913. The van der Waals surface area contributed by atoms with Crippen LogP contribution < -0.4 is 5.32 Å². The fourth-order valence-corrected chi connectivity index (χ4v) is 2.87. The number of carbonyl (C=O) groups excluding carboxylic acids is 2. The monoisotopic (exact) mass is 356 g/mol. The van der Waals surface area contributed by atoms with E-state index in [1.165, 1.54) is 24.3 Å². The van der Waals surface area contributed by atoms with Gasteiger partial charge in [0.2, 0.25) is 0 Å². The summed E-state index contributed by atoms with van der Waals surface area (Å²) in [7, 11) is 0. The topological polar surface area (TPSA) is 65.5 Å². The highest BCUT2D eigenvalue weighted by atomic mass is 19.1. The Kier molecular flexibility index (Phi) is 5.58. The summed E-state index contributed by atoms with van der Waals surface area (Å²) < 4.78 is 13.2. The normalized spacial score (nSPS) is 14.9. The molecule has 0 spiro atoms. The Morgan fingerprint density at radius 2 is 1.77 bits per heavy atom. The Bertz CT molecular complexity index is 804. The second kappa shape index (κ2) is 8.05. The number of rotatable bonds is 4. The zero-order chi connectivity index (χ0) is 18.5. The van der Waals surface area contributed by atoms with Crippen LogP contribution in [-0.2, 0) is 0 Å². The average molecular weight is 356 g/mol. The third kappa shape index (κ3) is 4.23. The van der Waals surface area contributed by atoms with Crippen molar-refractivity contribution in [1.29, 1.82) is 0 Å². The van der Waals surface area contributed by atoms with Crippen molar-refractivity contribution < 1.29 is 14.0 Å². The summed E-state index contributed by atoms with van der Waals surface area (Å²) in [6.45, 7) is 6.03. The molecule has 0 atom stereocenters. The van der Waals surface area contributed by atoms with Gasteiger partial charge in [0.15, 0.2) is 0 Å². The predicted molar refractivity (Wildman–Crippen MR) is 96.6 cm³/mol. The lowest BCUT2D eigenvalue weighted by molar-refractivity contribution is 0.0637. The van der Waals surface area contributed by atoms with Gasteiger partial charge in [0.25, 0.3) is 11.8 Å². The lowest BCUT2D eigenvalue weighted by Crippen LogP contribution is -2.48. The minimum absolute atomic E-state index is 0.118. The van der Waals surface area contributed by atoms with E-state index in [1.807, 2.05) is 0 Å². The third-order valence-corrected chi connectivity index (χ3v) is 4.39. The molecule has 2 aromatic rings. The number of halogens is 1. The van der Waals surface area contributed by atoms with Gasteiger partial charge < -0.3 is 15.1 Å². The predicted octanol–water partition coefficient (Wildman–Crippen LogP) is 2.25. The Hall–Kier alpha value is -2.80. The highest BCUT2D eigenvalue weighted by Crippen LogP contribution is 2.12. The van der Waals surface area contributed by atoms with Crippen molar-refractivity contribution in [2.24, 2.45) is 0 Å². The molecule has 6 nitrogen and oxygen atoms in total. The van der Waals surface area contributed by atoms with Crippen LogP contribution in [0, 0.1) is 5.82 Å². The van der Waals surface area contributed by atoms with Crippen LogP contribution in [0.15, 0.2) is 42.5 Å². The van der Waals surface area contributed by atoms with Gasteiger partial charge in [-0.3, -0.25) is 9.59 Å². The molecule has 0 radical (unpaired) electrons. The van der Waals surface area contributed by atoms with E-state index in [4.69, 9.17) is 0 Å². The highest BCUT2D eigenvalue weighted by Gasteiger charge is 2.23. The Morgan fingerprint density at radius 3 is 2.46 bits per heavy atom. The molecular formula is C19H21FN4O2. The lowest BCUT2D eigenvalue weighted by atomic mass is 10.2. The molecule has 1 aliphatic rings. The van der Waals surface area contributed by atoms with Crippen LogP contribution in [0.2, 0.25) is 0 Å². The molecule has 1 aliphatic heterocycles. The van der Waals surface area contributed by atoms with Crippen molar-refractivity contribution in [1.82, 2.24) is 14.8 Å². The van der Waals surface area contributed by atoms with E-state index in [0.29, 0.717) is 18.8 Å². The van der Waals surface area contributed by atoms with Gasteiger partial charge in [0.05, 0.1) is 0 Å². The maximum atomic E-state index is 13.2. The summed E-state index contributed by atoms with van der Waals surface area (Å²) in [5, 5.41) is 2.59. The Labute approximate surface area is 151 Å². The average Bonchev–Trinajstić information content (AvgIpc) is 2.67. The number of aromatic nitrogens is 1. The zero-order valence-electron chi connectivity index (χ0n) is 14.6. The second-order valence-corrected chi connectivity index (χ2v) is 6.10. The van der Waals surface area contributed by atoms with Crippen LogP contribution in [0.5, 0.6) is 0 Å². The number of amides is 2. The first-order valence-corrected chi connectivity index (χ1v) is 8.62. The highest BCUT2D eigenvalue weighted by molar-refractivity contribution is 6.03. The number of nitrogens with zero attached hydrogens (tertiary/aromatic N) is 3. The number of nitrogens with one attached hydrogen (secondary N) is 1. The largest absolute Gasteiger partial charge is 0.335 e. The van der Waals surface area contributed by atoms with Gasteiger partial charge in [0.1, 0.15) is 17.2 Å².